The fraction of sp³-hybridized carbons (Fsp3) is 0.500. The Morgan fingerprint density at radius 1 is 1.33 bits per heavy atom. The fourth-order valence-corrected chi connectivity index (χ4v) is 3.31. The zero-order chi connectivity index (χ0) is 22.1. The molecule has 30 heavy (non-hydrogen) atoms. The highest BCUT2D eigenvalue weighted by molar-refractivity contribution is 5.72. The maximum Gasteiger partial charge on any atom is 0.309 e. The zero-order valence-electron chi connectivity index (χ0n) is 17.9. The summed E-state index contributed by atoms with van der Waals surface area (Å²) in [5.41, 5.74) is 8.29. The molecule has 2 rings (SSSR count). The van der Waals surface area contributed by atoms with Gasteiger partial charge in [0.05, 0.1) is 13.5 Å². The van der Waals surface area contributed by atoms with Crippen LogP contribution in [0.2, 0.25) is 0 Å². The van der Waals surface area contributed by atoms with E-state index in [1.54, 1.807) is 12.1 Å². The topological polar surface area (TPSA) is 110 Å². The minimum atomic E-state index is -0.418. The van der Waals surface area contributed by atoms with Crippen molar-refractivity contribution >= 4 is 17.7 Å². The quantitative estimate of drug-likeness (QED) is 0.481. The summed E-state index contributed by atoms with van der Waals surface area (Å²) in [4.78, 5) is 20.0. The highest BCUT2D eigenvalue weighted by Crippen LogP contribution is 2.25. The number of carbonyl (C=O) groups excluding carboxylic acids is 1. The van der Waals surface area contributed by atoms with Crippen LogP contribution in [0.4, 0.5) is 16.2 Å². The standard InChI is InChI=1S/C22H31FN4O3/c1-4-5-6-17(9-10-28)26-21-18(14(2)25-22(24)27-21)13-16-8-7-15(11-19(16)23)12-20(29)30-3/h7-8,11,17,28H,4-6,9-10,12-13H2,1-3H3,(H3,24,25,26,27). The molecule has 164 valence electrons. The highest BCUT2D eigenvalue weighted by Gasteiger charge is 2.17. The van der Waals surface area contributed by atoms with Gasteiger partial charge in [-0.1, -0.05) is 31.9 Å². The van der Waals surface area contributed by atoms with Gasteiger partial charge in [0, 0.05) is 30.3 Å². The molecule has 4 N–H and O–H groups in total. The molecule has 8 heteroatoms. The second kappa shape index (κ2) is 11.4. The molecular formula is C22H31FN4O3. The van der Waals surface area contributed by atoms with Crippen LogP contribution in [0, 0.1) is 12.7 Å². The van der Waals surface area contributed by atoms with Crippen LogP contribution in [0.1, 0.15) is 55.0 Å². The number of aliphatic hydroxyl groups is 1. The number of nitrogens with zero attached hydrogens (tertiary/aromatic N) is 2. The second-order valence-corrected chi connectivity index (χ2v) is 7.35. The van der Waals surface area contributed by atoms with Crippen LogP contribution in [0.3, 0.4) is 0 Å². The fourth-order valence-electron chi connectivity index (χ4n) is 3.31. The maximum atomic E-state index is 14.7. The summed E-state index contributed by atoms with van der Waals surface area (Å²) in [6, 6.07) is 4.76. The molecule has 0 aliphatic rings. The van der Waals surface area contributed by atoms with Gasteiger partial charge in [-0.25, -0.2) is 9.37 Å². The lowest BCUT2D eigenvalue weighted by molar-refractivity contribution is -0.139. The van der Waals surface area contributed by atoms with Crippen LogP contribution in [0.15, 0.2) is 18.2 Å². The Balaban J connectivity index is 2.29. The lowest BCUT2D eigenvalue weighted by Crippen LogP contribution is -2.23. The molecule has 1 heterocycles. The van der Waals surface area contributed by atoms with E-state index >= 15 is 0 Å². The number of nitrogens with two attached hydrogens (primary N) is 1. The molecule has 1 atom stereocenters. The number of unbranched alkanes of at least 4 members (excludes halogenated alkanes) is 1. The number of nitrogens with one attached hydrogen (secondary N) is 1. The average molecular weight is 419 g/mol. The summed E-state index contributed by atoms with van der Waals surface area (Å²) >= 11 is 0. The van der Waals surface area contributed by atoms with E-state index in [1.807, 2.05) is 6.92 Å². The molecule has 0 bridgehead atoms. The van der Waals surface area contributed by atoms with E-state index in [4.69, 9.17) is 5.73 Å². The number of aliphatic hydroxyl groups excluding tert-OH is 1. The third kappa shape index (κ3) is 6.66. The minimum Gasteiger partial charge on any atom is -0.469 e. The van der Waals surface area contributed by atoms with Crippen molar-refractivity contribution in [3.63, 3.8) is 0 Å². The summed E-state index contributed by atoms with van der Waals surface area (Å²) in [5, 5.41) is 12.8. The second-order valence-electron chi connectivity index (χ2n) is 7.35. The van der Waals surface area contributed by atoms with Crippen LogP contribution < -0.4 is 11.1 Å². The molecule has 0 aliphatic carbocycles. The number of esters is 1. The Morgan fingerprint density at radius 2 is 2.10 bits per heavy atom. The van der Waals surface area contributed by atoms with Crippen molar-refractivity contribution in [2.24, 2.45) is 0 Å². The number of anilines is 2. The number of ether oxygens (including phenoxy) is 1. The van der Waals surface area contributed by atoms with Gasteiger partial charge >= 0.3 is 5.97 Å². The zero-order valence-corrected chi connectivity index (χ0v) is 17.9. The molecule has 0 fully saturated rings. The van der Waals surface area contributed by atoms with E-state index in [-0.39, 0.29) is 31.4 Å². The summed E-state index contributed by atoms with van der Waals surface area (Å²) in [6.45, 7) is 3.99. The van der Waals surface area contributed by atoms with Crippen LogP contribution in [0.5, 0.6) is 0 Å². The molecule has 0 radical (unpaired) electrons. The van der Waals surface area contributed by atoms with Crippen molar-refractivity contribution in [3.8, 4) is 0 Å². The summed E-state index contributed by atoms with van der Waals surface area (Å²) in [7, 11) is 1.30. The van der Waals surface area contributed by atoms with Gasteiger partial charge in [-0.05, 0) is 37.0 Å². The first kappa shape index (κ1) is 23.5. The number of halogens is 1. The number of hydrogen-bond acceptors (Lipinski definition) is 7. The molecular weight excluding hydrogens is 387 g/mol. The summed E-state index contributed by atoms with van der Waals surface area (Å²) < 4.78 is 19.3. The molecule has 2 aromatic rings. The van der Waals surface area contributed by atoms with Gasteiger partial charge in [-0.2, -0.15) is 4.98 Å². The van der Waals surface area contributed by atoms with Crippen LogP contribution in [-0.2, 0) is 22.4 Å². The third-order valence-electron chi connectivity index (χ3n) is 5.02. The van der Waals surface area contributed by atoms with Crippen molar-refractivity contribution < 1.29 is 19.0 Å². The molecule has 0 saturated heterocycles. The first-order valence-electron chi connectivity index (χ1n) is 10.2. The predicted octanol–water partition coefficient (Wildman–Crippen LogP) is 3.17. The molecule has 0 amide bonds. The van der Waals surface area contributed by atoms with E-state index in [0.717, 1.165) is 24.8 Å². The minimum absolute atomic E-state index is 0.0186. The van der Waals surface area contributed by atoms with Crippen LogP contribution in [0.25, 0.3) is 0 Å². The number of hydrogen-bond donors (Lipinski definition) is 3. The lowest BCUT2D eigenvalue weighted by Gasteiger charge is -2.21. The Labute approximate surface area is 176 Å². The largest absolute Gasteiger partial charge is 0.469 e. The van der Waals surface area contributed by atoms with Crippen molar-refractivity contribution in [2.75, 3.05) is 24.8 Å². The molecule has 0 aliphatic heterocycles. The Morgan fingerprint density at radius 3 is 2.73 bits per heavy atom. The van der Waals surface area contributed by atoms with E-state index in [2.05, 4.69) is 26.9 Å². The monoisotopic (exact) mass is 418 g/mol. The number of aromatic nitrogens is 2. The number of aryl methyl sites for hydroxylation is 1. The van der Waals surface area contributed by atoms with Gasteiger partial charge in [0.2, 0.25) is 5.95 Å². The lowest BCUT2D eigenvalue weighted by atomic mass is 10.00. The van der Waals surface area contributed by atoms with Gasteiger partial charge < -0.3 is 20.9 Å². The Kier molecular flexibility index (Phi) is 8.98. The number of rotatable bonds is 11. The van der Waals surface area contributed by atoms with E-state index in [1.165, 1.54) is 13.2 Å². The summed E-state index contributed by atoms with van der Waals surface area (Å²) in [6.07, 6.45) is 3.82. The molecule has 0 spiro atoms. The molecule has 0 saturated carbocycles. The maximum absolute atomic E-state index is 14.7. The van der Waals surface area contributed by atoms with Crippen molar-refractivity contribution in [1.82, 2.24) is 9.97 Å². The number of benzene rings is 1. The normalized spacial score (nSPS) is 11.9. The predicted molar refractivity (Wildman–Crippen MR) is 115 cm³/mol. The number of methoxy groups -OCH3 is 1. The van der Waals surface area contributed by atoms with Gasteiger partial charge in [-0.3, -0.25) is 4.79 Å². The average Bonchev–Trinajstić information content (AvgIpc) is 2.70. The molecule has 7 nitrogen and oxygen atoms in total. The number of nitrogen functional groups attached to an aromatic ring is 1. The smallest absolute Gasteiger partial charge is 0.309 e. The van der Waals surface area contributed by atoms with Gasteiger partial charge in [0.1, 0.15) is 11.6 Å². The van der Waals surface area contributed by atoms with E-state index in [0.29, 0.717) is 29.1 Å². The third-order valence-corrected chi connectivity index (χ3v) is 5.02. The molecule has 1 unspecified atom stereocenters. The van der Waals surface area contributed by atoms with E-state index < -0.39 is 11.8 Å². The van der Waals surface area contributed by atoms with Crippen LogP contribution in [-0.4, -0.2) is 40.8 Å². The van der Waals surface area contributed by atoms with Crippen molar-refractivity contribution in [1.29, 1.82) is 0 Å². The molecule has 1 aromatic carbocycles. The van der Waals surface area contributed by atoms with Crippen LogP contribution >= 0.6 is 0 Å². The summed E-state index contributed by atoms with van der Waals surface area (Å²) in [5.74, 6) is -0.117. The van der Waals surface area contributed by atoms with E-state index in [9.17, 15) is 14.3 Å². The van der Waals surface area contributed by atoms with Crippen molar-refractivity contribution in [2.45, 2.75) is 58.4 Å². The van der Waals surface area contributed by atoms with Gasteiger partial charge in [0.15, 0.2) is 0 Å². The Hall–Kier alpha value is -2.74. The van der Waals surface area contributed by atoms with Gasteiger partial charge in [0.25, 0.3) is 0 Å². The highest BCUT2D eigenvalue weighted by atomic mass is 19.1. The van der Waals surface area contributed by atoms with Gasteiger partial charge in [-0.15, -0.1) is 0 Å². The molecule has 1 aromatic heterocycles. The SMILES string of the molecule is CCCCC(CCO)Nc1nc(N)nc(C)c1Cc1ccc(CC(=O)OC)cc1F. The first-order valence-corrected chi connectivity index (χ1v) is 10.2. The first-order chi connectivity index (χ1) is 14.4. The van der Waals surface area contributed by atoms with Crippen molar-refractivity contribution in [3.05, 3.63) is 46.4 Å². The Bertz CT molecular complexity index is 861. The number of carbonyl (C=O) groups is 1.